The summed E-state index contributed by atoms with van der Waals surface area (Å²) >= 11 is 0. The Bertz CT molecular complexity index is 1140. The monoisotopic (exact) mass is 440 g/mol. The lowest BCUT2D eigenvalue weighted by Gasteiger charge is -2.33. The Labute approximate surface area is 181 Å². The minimum atomic E-state index is -3.62. The van der Waals surface area contributed by atoms with E-state index >= 15 is 0 Å². The number of sulfonamides is 1. The Kier molecular flexibility index (Phi) is 6.06. The molecular formula is C22H24N4O4S. The minimum absolute atomic E-state index is 0.153. The fraction of sp³-hybridized carbons (Fsp3) is 0.273. The van der Waals surface area contributed by atoms with Crippen molar-refractivity contribution in [1.29, 1.82) is 0 Å². The van der Waals surface area contributed by atoms with E-state index in [0.29, 0.717) is 31.0 Å². The number of rotatable bonds is 6. The van der Waals surface area contributed by atoms with E-state index < -0.39 is 10.0 Å². The lowest BCUT2D eigenvalue weighted by Crippen LogP contribution is -2.50. The highest BCUT2D eigenvalue weighted by Gasteiger charge is 2.30. The van der Waals surface area contributed by atoms with Crippen LogP contribution in [0.4, 0.5) is 0 Å². The lowest BCUT2D eigenvalue weighted by molar-refractivity contribution is 0.0698. The number of carbonyl (C=O) groups excluding carboxylic acids is 1. The van der Waals surface area contributed by atoms with E-state index in [4.69, 9.17) is 4.74 Å². The van der Waals surface area contributed by atoms with E-state index in [1.807, 2.05) is 37.3 Å². The van der Waals surface area contributed by atoms with Crippen LogP contribution in [0.15, 0.2) is 71.9 Å². The average Bonchev–Trinajstić information content (AvgIpc) is 3.30. The van der Waals surface area contributed by atoms with Gasteiger partial charge in [0.25, 0.3) is 5.91 Å². The molecule has 4 rings (SSSR count). The number of amides is 1. The van der Waals surface area contributed by atoms with E-state index in [1.165, 1.54) is 4.31 Å². The van der Waals surface area contributed by atoms with Crippen molar-refractivity contribution in [3.05, 3.63) is 72.6 Å². The van der Waals surface area contributed by atoms with Crippen LogP contribution in [-0.2, 0) is 10.0 Å². The number of para-hydroxylation sites is 1. The van der Waals surface area contributed by atoms with Crippen molar-refractivity contribution in [1.82, 2.24) is 19.0 Å². The second-order valence-electron chi connectivity index (χ2n) is 7.11. The summed E-state index contributed by atoms with van der Waals surface area (Å²) in [5, 5.41) is 4.27. The largest absolute Gasteiger partial charge is 0.494 e. The molecule has 31 heavy (non-hydrogen) atoms. The first kappa shape index (κ1) is 21.1. The van der Waals surface area contributed by atoms with Gasteiger partial charge in [-0.1, -0.05) is 18.2 Å². The molecule has 9 heteroatoms. The lowest BCUT2D eigenvalue weighted by atomic mass is 10.2. The molecule has 2 heterocycles. The molecule has 2 aromatic carbocycles. The van der Waals surface area contributed by atoms with Crippen LogP contribution >= 0.6 is 0 Å². The molecule has 1 aromatic heterocycles. The molecule has 1 aliphatic heterocycles. The van der Waals surface area contributed by atoms with Gasteiger partial charge in [-0.15, -0.1) is 0 Å². The number of hydrogen-bond donors (Lipinski definition) is 0. The van der Waals surface area contributed by atoms with Crippen LogP contribution in [-0.4, -0.2) is 66.1 Å². The average molecular weight is 441 g/mol. The molecule has 3 aromatic rings. The van der Waals surface area contributed by atoms with Gasteiger partial charge in [0.05, 0.1) is 29.0 Å². The van der Waals surface area contributed by atoms with E-state index in [1.54, 1.807) is 46.2 Å². The van der Waals surface area contributed by atoms with E-state index in [9.17, 15) is 13.2 Å². The highest BCUT2D eigenvalue weighted by atomic mass is 32.2. The number of aromatic nitrogens is 2. The van der Waals surface area contributed by atoms with E-state index in [0.717, 1.165) is 5.69 Å². The molecule has 0 N–H and O–H groups in total. The van der Waals surface area contributed by atoms with E-state index in [-0.39, 0.29) is 23.9 Å². The van der Waals surface area contributed by atoms with Crippen molar-refractivity contribution in [3.63, 3.8) is 0 Å². The number of hydrogen-bond acceptors (Lipinski definition) is 5. The second kappa shape index (κ2) is 8.91. The summed E-state index contributed by atoms with van der Waals surface area (Å²) in [6, 6.07) is 16.0. The van der Waals surface area contributed by atoms with Gasteiger partial charge in [-0.25, -0.2) is 13.1 Å². The fourth-order valence-corrected chi connectivity index (χ4v) is 4.92. The summed E-state index contributed by atoms with van der Waals surface area (Å²) in [6.45, 7) is 3.53. The smallest absolute Gasteiger partial charge is 0.257 e. The molecule has 1 saturated heterocycles. The molecule has 0 unspecified atom stereocenters. The molecule has 1 aliphatic rings. The summed E-state index contributed by atoms with van der Waals surface area (Å²) in [4.78, 5) is 14.7. The van der Waals surface area contributed by atoms with Crippen molar-refractivity contribution in [2.75, 3.05) is 32.8 Å². The molecule has 1 fully saturated rings. The molecular weight excluding hydrogens is 416 g/mol. The van der Waals surface area contributed by atoms with Gasteiger partial charge in [0.15, 0.2) is 0 Å². The molecule has 0 saturated carbocycles. The van der Waals surface area contributed by atoms with Gasteiger partial charge in [-0.3, -0.25) is 4.79 Å². The molecule has 0 atom stereocenters. The van der Waals surface area contributed by atoms with Crippen molar-refractivity contribution < 1.29 is 17.9 Å². The third kappa shape index (κ3) is 4.47. The van der Waals surface area contributed by atoms with Crippen molar-refractivity contribution >= 4 is 15.9 Å². The number of carbonyl (C=O) groups is 1. The summed E-state index contributed by atoms with van der Waals surface area (Å²) in [7, 11) is -3.62. The van der Waals surface area contributed by atoms with Gasteiger partial charge >= 0.3 is 0 Å². The van der Waals surface area contributed by atoms with Gasteiger partial charge in [0.2, 0.25) is 10.0 Å². The minimum Gasteiger partial charge on any atom is -0.494 e. The normalized spacial score (nSPS) is 15.1. The fourth-order valence-electron chi connectivity index (χ4n) is 3.49. The first-order valence-corrected chi connectivity index (χ1v) is 11.6. The van der Waals surface area contributed by atoms with Gasteiger partial charge in [-0.2, -0.15) is 9.40 Å². The van der Waals surface area contributed by atoms with E-state index in [2.05, 4.69) is 5.10 Å². The topological polar surface area (TPSA) is 84.7 Å². The number of benzene rings is 2. The maximum Gasteiger partial charge on any atom is 0.257 e. The quantitative estimate of drug-likeness (QED) is 0.588. The van der Waals surface area contributed by atoms with Crippen molar-refractivity contribution in [2.45, 2.75) is 11.8 Å². The first-order valence-electron chi connectivity index (χ1n) is 10.1. The summed E-state index contributed by atoms with van der Waals surface area (Å²) < 4.78 is 34.3. The number of piperazine rings is 1. The SMILES string of the molecule is CCOc1ccc(S(=O)(=O)N2CCN(C(=O)c3cnn(-c4ccccc4)c3)CC2)cc1. The molecule has 0 bridgehead atoms. The zero-order chi connectivity index (χ0) is 21.8. The molecule has 8 nitrogen and oxygen atoms in total. The van der Waals surface area contributed by atoms with Crippen LogP contribution in [0.25, 0.3) is 5.69 Å². The molecule has 162 valence electrons. The number of ether oxygens (including phenoxy) is 1. The molecule has 0 radical (unpaired) electrons. The Morgan fingerprint density at radius 2 is 1.68 bits per heavy atom. The van der Waals surface area contributed by atoms with Gasteiger partial charge in [-0.05, 0) is 43.3 Å². The Morgan fingerprint density at radius 3 is 2.32 bits per heavy atom. The second-order valence-corrected chi connectivity index (χ2v) is 9.05. The maximum absolute atomic E-state index is 12.9. The van der Waals surface area contributed by atoms with Crippen molar-refractivity contribution in [2.24, 2.45) is 0 Å². The predicted octanol–water partition coefficient (Wildman–Crippen LogP) is 2.42. The van der Waals surface area contributed by atoms with Crippen LogP contribution in [0.2, 0.25) is 0 Å². The Balaban J connectivity index is 1.40. The first-order chi connectivity index (χ1) is 15.0. The summed E-state index contributed by atoms with van der Waals surface area (Å²) in [5.41, 5.74) is 1.35. The molecule has 0 spiro atoms. The third-order valence-electron chi connectivity index (χ3n) is 5.15. The van der Waals surface area contributed by atoms with Gasteiger partial charge in [0.1, 0.15) is 5.75 Å². The van der Waals surface area contributed by atoms with Crippen LogP contribution in [0.1, 0.15) is 17.3 Å². The van der Waals surface area contributed by atoms with Crippen LogP contribution in [0.3, 0.4) is 0 Å². The predicted molar refractivity (Wildman–Crippen MR) is 116 cm³/mol. The van der Waals surface area contributed by atoms with Crippen LogP contribution in [0, 0.1) is 0 Å². The van der Waals surface area contributed by atoms with Gasteiger partial charge in [0, 0.05) is 32.4 Å². The standard InChI is InChI=1S/C22H24N4O4S/c1-2-30-20-8-10-21(11-9-20)31(28,29)25-14-12-24(13-15-25)22(27)18-16-23-26(17-18)19-6-4-3-5-7-19/h3-11,16-17H,2,12-15H2,1H3. The highest BCUT2D eigenvalue weighted by Crippen LogP contribution is 2.21. The summed E-state index contributed by atoms with van der Waals surface area (Å²) in [6.07, 6.45) is 3.24. The zero-order valence-electron chi connectivity index (χ0n) is 17.2. The van der Waals surface area contributed by atoms with Crippen LogP contribution < -0.4 is 4.74 Å². The van der Waals surface area contributed by atoms with Crippen molar-refractivity contribution in [3.8, 4) is 11.4 Å². The maximum atomic E-state index is 12.9. The molecule has 0 aliphatic carbocycles. The number of nitrogens with zero attached hydrogens (tertiary/aromatic N) is 4. The Morgan fingerprint density at radius 1 is 1.00 bits per heavy atom. The zero-order valence-corrected chi connectivity index (χ0v) is 18.0. The van der Waals surface area contributed by atoms with Crippen LogP contribution in [0.5, 0.6) is 5.75 Å². The highest BCUT2D eigenvalue weighted by molar-refractivity contribution is 7.89. The van der Waals surface area contributed by atoms with Gasteiger partial charge < -0.3 is 9.64 Å². The summed E-state index contributed by atoms with van der Waals surface area (Å²) in [5.74, 6) is 0.480. The Hall–Kier alpha value is -3.17. The third-order valence-corrected chi connectivity index (χ3v) is 7.06. The molecule has 1 amide bonds.